The summed E-state index contributed by atoms with van der Waals surface area (Å²) >= 11 is 0. The number of nitrogens with zero attached hydrogens (tertiary/aromatic N) is 5. The fourth-order valence-corrected chi connectivity index (χ4v) is 5.61. The molecule has 1 amide bonds. The Morgan fingerprint density at radius 2 is 1.95 bits per heavy atom. The molecule has 2 N–H and O–H groups in total. The number of amides is 1. The van der Waals surface area contributed by atoms with Gasteiger partial charge in [-0.1, -0.05) is 18.2 Å². The van der Waals surface area contributed by atoms with Crippen molar-refractivity contribution >= 4 is 17.2 Å². The monoisotopic (exact) mass is 522 g/mol. The molecule has 5 heterocycles. The summed E-state index contributed by atoms with van der Waals surface area (Å²) in [7, 11) is 0. The van der Waals surface area contributed by atoms with E-state index < -0.39 is 5.60 Å². The minimum absolute atomic E-state index is 0.0112. The van der Waals surface area contributed by atoms with Gasteiger partial charge in [-0.05, 0) is 62.4 Å². The molecule has 1 aliphatic carbocycles. The molecule has 3 atom stereocenters. The van der Waals surface area contributed by atoms with Crippen LogP contribution in [0.15, 0.2) is 67.1 Å². The van der Waals surface area contributed by atoms with E-state index in [-0.39, 0.29) is 18.6 Å². The van der Waals surface area contributed by atoms with Crippen LogP contribution in [0.25, 0.3) is 16.6 Å². The maximum Gasteiger partial charge on any atom is 0.251 e. The van der Waals surface area contributed by atoms with Crippen molar-refractivity contribution in [2.45, 2.75) is 31.9 Å². The number of pyridine rings is 2. The maximum absolute atomic E-state index is 12.7. The lowest BCUT2D eigenvalue weighted by Crippen LogP contribution is -2.64. The lowest BCUT2D eigenvalue weighted by atomic mass is 9.66. The first-order valence-electron chi connectivity index (χ1n) is 13.1. The van der Waals surface area contributed by atoms with Crippen LogP contribution in [0.3, 0.4) is 0 Å². The van der Waals surface area contributed by atoms with Crippen molar-refractivity contribution in [2.75, 3.05) is 24.6 Å². The van der Waals surface area contributed by atoms with Gasteiger partial charge in [0.25, 0.3) is 5.91 Å². The number of aliphatic hydroxyl groups is 1. The van der Waals surface area contributed by atoms with E-state index in [1.165, 1.54) is 6.20 Å². The molecule has 9 heteroatoms. The molecule has 1 saturated carbocycles. The molecule has 39 heavy (non-hydrogen) atoms. The molecule has 3 aromatic heterocycles. The Labute approximate surface area is 226 Å². The van der Waals surface area contributed by atoms with Crippen LogP contribution < -0.4 is 15.0 Å². The number of carbonyl (C=O) groups excluding carboxylic acids is 1. The molecule has 2 aliphatic heterocycles. The van der Waals surface area contributed by atoms with E-state index in [0.29, 0.717) is 34.2 Å². The number of rotatable bonds is 7. The number of hydrogen-bond acceptors (Lipinski definition) is 7. The second-order valence-electron chi connectivity index (χ2n) is 11.1. The average Bonchev–Trinajstić information content (AvgIpc) is 3.37. The lowest BCUT2D eigenvalue weighted by Gasteiger charge is -2.54. The molecule has 0 spiro atoms. The van der Waals surface area contributed by atoms with Crippen molar-refractivity contribution in [3.05, 3.63) is 78.2 Å². The predicted molar refractivity (Wildman–Crippen MR) is 146 cm³/mol. The molecular weight excluding hydrogens is 492 g/mol. The molecule has 1 aromatic carbocycles. The highest BCUT2D eigenvalue weighted by Gasteiger charge is 2.47. The van der Waals surface area contributed by atoms with E-state index in [0.717, 1.165) is 36.5 Å². The van der Waals surface area contributed by atoms with Crippen LogP contribution in [-0.4, -0.2) is 57.0 Å². The molecule has 2 bridgehead atoms. The van der Waals surface area contributed by atoms with E-state index in [2.05, 4.69) is 21.4 Å². The number of aromatic nitrogens is 3. The van der Waals surface area contributed by atoms with Gasteiger partial charge in [-0.15, -0.1) is 0 Å². The maximum atomic E-state index is 12.7. The second-order valence-corrected chi connectivity index (χ2v) is 11.1. The minimum Gasteiger partial charge on any atom is -0.489 e. The van der Waals surface area contributed by atoms with Gasteiger partial charge in [-0.2, -0.15) is 10.4 Å². The van der Waals surface area contributed by atoms with Crippen LogP contribution in [-0.2, 0) is 0 Å². The number of hydrogen-bond donors (Lipinski definition) is 2. The van der Waals surface area contributed by atoms with E-state index in [4.69, 9.17) is 9.72 Å². The fourth-order valence-electron chi connectivity index (χ4n) is 5.61. The number of nitrogens with one attached hydrogen (secondary N) is 1. The average molecular weight is 523 g/mol. The fraction of sp³-hybridized carbons (Fsp3) is 0.333. The molecule has 198 valence electrons. The van der Waals surface area contributed by atoms with Gasteiger partial charge in [0, 0.05) is 42.0 Å². The van der Waals surface area contributed by atoms with Crippen LogP contribution in [0.5, 0.6) is 5.75 Å². The molecule has 4 aromatic rings. The molecule has 2 saturated heterocycles. The van der Waals surface area contributed by atoms with Crippen molar-refractivity contribution in [3.63, 3.8) is 0 Å². The van der Waals surface area contributed by atoms with Crippen molar-refractivity contribution in [1.82, 2.24) is 19.9 Å². The minimum atomic E-state index is -0.987. The Kier molecular flexibility index (Phi) is 6.20. The number of anilines is 1. The van der Waals surface area contributed by atoms with Gasteiger partial charge in [0.2, 0.25) is 0 Å². The zero-order valence-corrected chi connectivity index (χ0v) is 21.9. The summed E-state index contributed by atoms with van der Waals surface area (Å²) in [6.45, 7) is 5.16. The second kappa shape index (κ2) is 9.71. The van der Waals surface area contributed by atoms with Crippen molar-refractivity contribution < 1.29 is 14.6 Å². The quantitative estimate of drug-likeness (QED) is 0.380. The summed E-state index contributed by atoms with van der Waals surface area (Å²) in [5.74, 6) is 2.21. The molecular formula is C30H30N6O3. The molecule has 7 rings (SSSR count). The standard InChI is InChI=1S/C30H30N6O3/c1-30(2,38)18-39-24-11-25(28-23(12-31)14-33-36(28)17-24)20-8-9-26(32-13-20)35-15-21-10-22(16-35)27(21)34-29(37)19-6-4-3-5-7-19/h3-9,11,13-14,17,21-22,27,38H,10,15-16,18H2,1-2H3,(H,34,37)/t21-,22+,27?. The van der Waals surface area contributed by atoms with E-state index in [9.17, 15) is 15.2 Å². The first kappa shape index (κ1) is 24.9. The summed E-state index contributed by atoms with van der Waals surface area (Å²) in [4.78, 5) is 19.7. The van der Waals surface area contributed by atoms with Crippen molar-refractivity contribution in [3.8, 4) is 22.9 Å². The molecule has 3 fully saturated rings. The number of fused-ring (bicyclic) bond motifs is 3. The normalized spacial score (nSPS) is 20.3. The SMILES string of the molecule is CC(C)(O)COc1cc(-c2ccc(N3C[C@H]4C[C@@H](C3)C4NC(=O)c3ccccc3)nc2)c2c(C#N)cnn2c1. The number of ether oxygens (including phenoxy) is 1. The van der Waals surface area contributed by atoms with Gasteiger partial charge in [0.1, 0.15) is 24.2 Å². The van der Waals surface area contributed by atoms with Crippen LogP contribution in [0.2, 0.25) is 0 Å². The Morgan fingerprint density at radius 1 is 1.18 bits per heavy atom. The van der Waals surface area contributed by atoms with Crippen LogP contribution in [0.1, 0.15) is 36.2 Å². The Bertz CT molecular complexity index is 1540. The van der Waals surface area contributed by atoms with Gasteiger partial charge in [0.05, 0.1) is 29.1 Å². The smallest absolute Gasteiger partial charge is 0.251 e. The summed E-state index contributed by atoms with van der Waals surface area (Å²) < 4.78 is 7.46. The van der Waals surface area contributed by atoms with Gasteiger partial charge in [-0.3, -0.25) is 4.79 Å². The van der Waals surface area contributed by atoms with E-state index in [1.807, 2.05) is 54.7 Å². The number of nitriles is 1. The summed E-state index contributed by atoms with van der Waals surface area (Å²) in [5.41, 5.74) is 2.46. The van der Waals surface area contributed by atoms with Gasteiger partial charge in [-0.25, -0.2) is 9.50 Å². The van der Waals surface area contributed by atoms with Crippen LogP contribution in [0.4, 0.5) is 5.82 Å². The molecule has 0 radical (unpaired) electrons. The predicted octanol–water partition coefficient (Wildman–Crippen LogP) is 3.67. The topological polar surface area (TPSA) is 116 Å². The summed E-state index contributed by atoms with van der Waals surface area (Å²) in [6.07, 6.45) is 6.17. The van der Waals surface area contributed by atoms with Gasteiger partial charge >= 0.3 is 0 Å². The number of benzene rings is 1. The molecule has 3 aliphatic rings. The first-order valence-corrected chi connectivity index (χ1v) is 13.1. The zero-order chi connectivity index (χ0) is 27.1. The summed E-state index contributed by atoms with van der Waals surface area (Å²) in [5, 5.41) is 27.3. The van der Waals surface area contributed by atoms with E-state index >= 15 is 0 Å². The highest BCUT2D eigenvalue weighted by atomic mass is 16.5. The largest absolute Gasteiger partial charge is 0.489 e. The molecule has 9 nitrogen and oxygen atoms in total. The Hall–Kier alpha value is -4.42. The number of piperidine rings is 2. The van der Waals surface area contributed by atoms with Gasteiger partial charge in [0.15, 0.2) is 0 Å². The first-order chi connectivity index (χ1) is 18.8. The zero-order valence-electron chi connectivity index (χ0n) is 21.9. The Morgan fingerprint density at radius 3 is 2.62 bits per heavy atom. The van der Waals surface area contributed by atoms with Crippen molar-refractivity contribution in [2.24, 2.45) is 11.8 Å². The van der Waals surface area contributed by atoms with Gasteiger partial charge < -0.3 is 20.1 Å². The highest BCUT2D eigenvalue weighted by Crippen LogP contribution is 2.41. The summed E-state index contributed by atoms with van der Waals surface area (Å²) in [6, 6.07) is 17.6. The molecule has 1 unspecified atom stereocenters. The van der Waals surface area contributed by atoms with Crippen LogP contribution in [0, 0.1) is 23.2 Å². The number of carbonyl (C=O) groups is 1. The third-order valence-electron chi connectivity index (χ3n) is 7.55. The highest BCUT2D eigenvalue weighted by molar-refractivity contribution is 5.94. The van der Waals surface area contributed by atoms with Crippen LogP contribution >= 0.6 is 0 Å². The Balaban J connectivity index is 1.19. The third kappa shape index (κ3) is 4.91. The third-order valence-corrected chi connectivity index (χ3v) is 7.55. The van der Waals surface area contributed by atoms with E-state index in [1.54, 1.807) is 24.6 Å². The van der Waals surface area contributed by atoms with Crippen molar-refractivity contribution in [1.29, 1.82) is 5.26 Å². The lowest BCUT2D eigenvalue weighted by molar-refractivity contribution is 0.0283.